The fraction of sp³-hybridized carbons (Fsp3) is 0.222. The van der Waals surface area contributed by atoms with Gasteiger partial charge >= 0.3 is 11.8 Å². The summed E-state index contributed by atoms with van der Waals surface area (Å²) < 4.78 is 10.2. The summed E-state index contributed by atoms with van der Waals surface area (Å²) in [7, 11) is 3.09. The first kappa shape index (κ1) is 18.6. The van der Waals surface area contributed by atoms with E-state index in [4.69, 9.17) is 21.1 Å². The van der Waals surface area contributed by atoms with Crippen LogP contribution in [0.25, 0.3) is 0 Å². The number of carbonyl (C=O) groups excluding carboxylic acids is 2. The molecular weight excluding hydrogens is 344 g/mol. The summed E-state index contributed by atoms with van der Waals surface area (Å²) in [5.41, 5.74) is 1.42. The Morgan fingerprint density at radius 1 is 1.04 bits per heavy atom. The average molecular weight is 363 g/mol. The second kappa shape index (κ2) is 8.94. The van der Waals surface area contributed by atoms with Crippen LogP contribution >= 0.6 is 11.6 Å². The number of carbonyl (C=O) groups is 2. The number of benzene rings is 2. The second-order valence-corrected chi connectivity index (χ2v) is 5.57. The molecule has 0 atom stereocenters. The van der Waals surface area contributed by atoms with Crippen molar-refractivity contribution in [2.75, 3.05) is 26.1 Å². The van der Waals surface area contributed by atoms with E-state index in [2.05, 4.69) is 10.6 Å². The smallest absolute Gasteiger partial charge is 0.313 e. The Kier molecular flexibility index (Phi) is 6.65. The molecule has 0 aliphatic carbocycles. The van der Waals surface area contributed by atoms with Gasteiger partial charge in [-0.05, 0) is 42.3 Å². The van der Waals surface area contributed by atoms with Crippen LogP contribution in [-0.4, -0.2) is 32.6 Å². The Morgan fingerprint density at radius 2 is 1.84 bits per heavy atom. The molecule has 0 radical (unpaired) electrons. The van der Waals surface area contributed by atoms with E-state index in [-0.39, 0.29) is 0 Å². The van der Waals surface area contributed by atoms with E-state index in [1.807, 2.05) is 24.3 Å². The highest BCUT2D eigenvalue weighted by Gasteiger charge is 2.14. The van der Waals surface area contributed by atoms with Gasteiger partial charge in [0.25, 0.3) is 0 Å². The first-order valence-corrected chi connectivity index (χ1v) is 7.97. The van der Waals surface area contributed by atoms with Crippen LogP contribution in [-0.2, 0) is 16.0 Å². The number of anilines is 1. The second-order valence-electron chi connectivity index (χ2n) is 5.16. The number of hydrogen-bond acceptors (Lipinski definition) is 4. The lowest BCUT2D eigenvalue weighted by molar-refractivity contribution is -0.136. The van der Waals surface area contributed by atoms with Crippen molar-refractivity contribution in [2.24, 2.45) is 0 Å². The Labute approximate surface area is 151 Å². The highest BCUT2D eigenvalue weighted by atomic mass is 35.5. The zero-order valence-corrected chi connectivity index (χ0v) is 14.7. The summed E-state index contributed by atoms with van der Waals surface area (Å²) in [6, 6.07) is 12.2. The largest absolute Gasteiger partial charge is 0.497 e. The quantitative estimate of drug-likeness (QED) is 0.774. The Hall–Kier alpha value is -2.73. The van der Waals surface area contributed by atoms with E-state index in [9.17, 15) is 9.59 Å². The van der Waals surface area contributed by atoms with Crippen LogP contribution in [0.4, 0.5) is 5.69 Å². The molecule has 2 aromatic rings. The van der Waals surface area contributed by atoms with Gasteiger partial charge in [-0.15, -0.1) is 0 Å². The molecule has 2 amide bonds. The molecule has 0 saturated carbocycles. The van der Waals surface area contributed by atoms with Crippen LogP contribution in [0.3, 0.4) is 0 Å². The van der Waals surface area contributed by atoms with Gasteiger partial charge in [-0.2, -0.15) is 0 Å². The molecule has 0 aliphatic rings. The zero-order chi connectivity index (χ0) is 18.2. The average Bonchev–Trinajstić information content (AvgIpc) is 2.62. The summed E-state index contributed by atoms with van der Waals surface area (Å²) in [6.45, 7) is 0.336. The van der Waals surface area contributed by atoms with E-state index >= 15 is 0 Å². The number of ether oxygens (including phenoxy) is 2. The molecule has 132 valence electrons. The van der Waals surface area contributed by atoms with Gasteiger partial charge in [-0.1, -0.05) is 23.7 Å². The maximum Gasteiger partial charge on any atom is 0.313 e. The Morgan fingerprint density at radius 3 is 2.52 bits per heavy atom. The molecule has 2 rings (SSSR count). The molecule has 0 heterocycles. The van der Waals surface area contributed by atoms with Gasteiger partial charge in [-0.3, -0.25) is 9.59 Å². The number of methoxy groups -OCH3 is 2. The van der Waals surface area contributed by atoms with Gasteiger partial charge in [0.2, 0.25) is 0 Å². The summed E-state index contributed by atoms with van der Waals surface area (Å²) in [4.78, 5) is 23.8. The van der Waals surface area contributed by atoms with Crippen molar-refractivity contribution in [1.82, 2.24) is 5.32 Å². The van der Waals surface area contributed by atoms with Crippen molar-refractivity contribution >= 4 is 29.1 Å². The van der Waals surface area contributed by atoms with Crippen molar-refractivity contribution in [2.45, 2.75) is 6.42 Å². The Balaban J connectivity index is 1.83. The van der Waals surface area contributed by atoms with Crippen molar-refractivity contribution in [3.8, 4) is 11.5 Å². The van der Waals surface area contributed by atoms with Crippen molar-refractivity contribution < 1.29 is 19.1 Å². The standard InChI is InChI=1S/C18H19ClN2O4/c1-24-14-5-3-4-12(10-14)8-9-20-17(22)18(23)21-13-6-7-16(25-2)15(19)11-13/h3-7,10-11H,8-9H2,1-2H3,(H,20,22)(H,21,23). The molecule has 25 heavy (non-hydrogen) atoms. The fourth-order valence-electron chi connectivity index (χ4n) is 2.16. The van der Waals surface area contributed by atoms with Gasteiger partial charge in [-0.25, -0.2) is 0 Å². The number of rotatable bonds is 6. The molecule has 0 aromatic heterocycles. The van der Waals surface area contributed by atoms with Crippen molar-refractivity contribution in [1.29, 1.82) is 0 Å². The molecule has 6 nitrogen and oxygen atoms in total. The first-order chi connectivity index (χ1) is 12.0. The molecule has 0 saturated heterocycles. The topological polar surface area (TPSA) is 76.7 Å². The van der Waals surface area contributed by atoms with E-state index in [1.54, 1.807) is 19.2 Å². The minimum Gasteiger partial charge on any atom is -0.497 e. The van der Waals surface area contributed by atoms with E-state index < -0.39 is 11.8 Å². The molecule has 0 fully saturated rings. The van der Waals surface area contributed by atoms with Gasteiger partial charge in [0.1, 0.15) is 11.5 Å². The first-order valence-electron chi connectivity index (χ1n) is 7.59. The van der Waals surface area contributed by atoms with Crippen molar-refractivity contribution in [3.63, 3.8) is 0 Å². The number of amides is 2. The van der Waals surface area contributed by atoms with Gasteiger partial charge in [0.15, 0.2) is 0 Å². The number of halogens is 1. The molecule has 2 N–H and O–H groups in total. The van der Waals surface area contributed by atoms with Crippen LogP contribution in [0.5, 0.6) is 11.5 Å². The molecule has 0 unspecified atom stereocenters. The van der Waals surface area contributed by atoms with Crippen LogP contribution < -0.4 is 20.1 Å². The lowest BCUT2D eigenvalue weighted by Gasteiger charge is -2.09. The summed E-state index contributed by atoms with van der Waals surface area (Å²) >= 11 is 5.98. The monoisotopic (exact) mass is 362 g/mol. The molecule has 0 bridgehead atoms. The van der Waals surface area contributed by atoms with Crippen LogP contribution in [0.2, 0.25) is 5.02 Å². The van der Waals surface area contributed by atoms with Crippen LogP contribution in [0, 0.1) is 0 Å². The number of nitrogens with one attached hydrogen (secondary N) is 2. The summed E-state index contributed by atoms with van der Waals surface area (Å²) in [5, 5.41) is 5.41. The Bertz CT molecular complexity index is 764. The molecular formula is C18H19ClN2O4. The van der Waals surface area contributed by atoms with Crippen LogP contribution in [0.15, 0.2) is 42.5 Å². The van der Waals surface area contributed by atoms with E-state index in [0.29, 0.717) is 29.4 Å². The van der Waals surface area contributed by atoms with Gasteiger partial charge < -0.3 is 20.1 Å². The lowest BCUT2D eigenvalue weighted by Crippen LogP contribution is -2.36. The molecule has 2 aromatic carbocycles. The molecule has 0 spiro atoms. The zero-order valence-electron chi connectivity index (χ0n) is 14.0. The third-order valence-electron chi connectivity index (χ3n) is 3.45. The SMILES string of the molecule is COc1cccc(CCNC(=O)C(=O)Nc2ccc(OC)c(Cl)c2)c1. The maximum absolute atomic E-state index is 11.9. The fourth-order valence-corrected chi connectivity index (χ4v) is 2.42. The predicted octanol–water partition coefficient (Wildman–Crippen LogP) is 2.65. The maximum atomic E-state index is 11.9. The lowest BCUT2D eigenvalue weighted by atomic mass is 10.1. The summed E-state index contributed by atoms with van der Waals surface area (Å²) in [6.07, 6.45) is 0.588. The van der Waals surface area contributed by atoms with E-state index in [0.717, 1.165) is 11.3 Å². The van der Waals surface area contributed by atoms with E-state index in [1.165, 1.54) is 13.2 Å². The van der Waals surface area contributed by atoms with Gasteiger partial charge in [0.05, 0.1) is 19.2 Å². The summed E-state index contributed by atoms with van der Waals surface area (Å²) in [5.74, 6) is -0.234. The van der Waals surface area contributed by atoms with Crippen molar-refractivity contribution in [3.05, 3.63) is 53.1 Å². The van der Waals surface area contributed by atoms with Gasteiger partial charge in [0, 0.05) is 12.2 Å². The molecule has 7 heteroatoms. The predicted molar refractivity (Wildman–Crippen MR) is 96.3 cm³/mol. The minimum absolute atomic E-state index is 0.336. The third kappa shape index (κ3) is 5.39. The normalized spacial score (nSPS) is 10.0. The highest BCUT2D eigenvalue weighted by Crippen LogP contribution is 2.27. The van der Waals surface area contributed by atoms with Crippen LogP contribution in [0.1, 0.15) is 5.56 Å². The number of hydrogen-bond donors (Lipinski definition) is 2. The molecule has 0 aliphatic heterocycles. The minimum atomic E-state index is -0.758. The third-order valence-corrected chi connectivity index (χ3v) is 3.74. The highest BCUT2D eigenvalue weighted by molar-refractivity contribution is 6.40.